The topological polar surface area (TPSA) is 61.4 Å². The Balaban J connectivity index is 1.58. The molecule has 2 N–H and O–H groups in total. The maximum absolute atomic E-state index is 12.4. The van der Waals surface area contributed by atoms with Gasteiger partial charge in [-0.15, -0.1) is 0 Å². The lowest BCUT2D eigenvalue weighted by atomic mass is 10.2. The summed E-state index contributed by atoms with van der Waals surface area (Å²) < 4.78 is 0.962. The van der Waals surface area contributed by atoms with Gasteiger partial charge in [0, 0.05) is 35.0 Å². The number of nitrogens with zero attached hydrogens (tertiary/aromatic N) is 1. The molecule has 6 heteroatoms. The first-order valence-corrected chi connectivity index (χ1v) is 9.54. The van der Waals surface area contributed by atoms with Gasteiger partial charge in [-0.25, -0.2) is 4.79 Å². The van der Waals surface area contributed by atoms with Crippen LogP contribution in [0.3, 0.4) is 0 Å². The second-order valence-corrected chi connectivity index (χ2v) is 7.13. The number of anilines is 2. The van der Waals surface area contributed by atoms with Gasteiger partial charge in [-0.2, -0.15) is 0 Å². The van der Waals surface area contributed by atoms with Crippen LogP contribution in [0.15, 0.2) is 83.3 Å². The van der Waals surface area contributed by atoms with Crippen molar-refractivity contribution in [3.8, 4) is 0 Å². The maximum Gasteiger partial charge on any atom is 0.321 e. The van der Waals surface area contributed by atoms with Gasteiger partial charge in [0.15, 0.2) is 0 Å². The van der Waals surface area contributed by atoms with Gasteiger partial charge in [0.25, 0.3) is 5.91 Å². The van der Waals surface area contributed by atoms with Gasteiger partial charge in [-0.3, -0.25) is 4.79 Å². The van der Waals surface area contributed by atoms with Crippen molar-refractivity contribution in [1.82, 2.24) is 4.90 Å². The Hall–Kier alpha value is -3.12. The summed E-state index contributed by atoms with van der Waals surface area (Å²) in [5.74, 6) is -0.199. The molecule has 0 bridgehead atoms. The maximum atomic E-state index is 12.4. The van der Waals surface area contributed by atoms with Gasteiger partial charge in [-0.05, 0) is 48.0 Å². The van der Waals surface area contributed by atoms with E-state index in [1.165, 1.54) is 0 Å². The van der Waals surface area contributed by atoms with Crippen molar-refractivity contribution in [2.24, 2.45) is 0 Å². The van der Waals surface area contributed by atoms with Crippen molar-refractivity contribution < 1.29 is 9.59 Å². The molecular weight excluding hydrogens is 418 g/mol. The van der Waals surface area contributed by atoms with Gasteiger partial charge in [-0.1, -0.05) is 52.3 Å². The summed E-state index contributed by atoms with van der Waals surface area (Å²) in [6, 6.07) is 23.6. The number of carbonyl (C=O) groups is 2. The van der Waals surface area contributed by atoms with Gasteiger partial charge in [0.05, 0.1) is 0 Å². The highest BCUT2D eigenvalue weighted by atomic mass is 79.9. The summed E-state index contributed by atoms with van der Waals surface area (Å²) in [6.07, 6.45) is 0. The molecule has 3 aromatic rings. The zero-order chi connectivity index (χ0) is 19.9. The zero-order valence-corrected chi connectivity index (χ0v) is 16.9. The van der Waals surface area contributed by atoms with Crippen LogP contribution < -0.4 is 10.6 Å². The van der Waals surface area contributed by atoms with E-state index < -0.39 is 0 Å². The number of hydrogen-bond acceptors (Lipinski definition) is 2. The molecule has 0 radical (unpaired) electrons. The lowest BCUT2D eigenvalue weighted by Gasteiger charge is -2.19. The van der Waals surface area contributed by atoms with E-state index in [1.54, 1.807) is 36.2 Å². The first-order valence-electron chi connectivity index (χ1n) is 8.75. The molecule has 0 saturated carbocycles. The molecule has 3 rings (SSSR count). The molecule has 0 saturated heterocycles. The van der Waals surface area contributed by atoms with E-state index in [4.69, 9.17) is 0 Å². The normalized spacial score (nSPS) is 10.2. The fraction of sp³-hybridized carbons (Fsp3) is 0.0909. The van der Waals surface area contributed by atoms with Crippen LogP contribution in [0, 0.1) is 0 Å². The highest BCUT2D eigenvalue weighted by molar-refractivity contribution is 9.10. The summed E-state index contributed by atoms with van der Waals surface area (Å²) in [7, 11) is 1.73. The van der Waals surface area contributed by atoms with Crippen molar-refractivity contribution in [2.45, 2.75) is 6.54 Å². The van der Waals surface area contributed by atoms with E-state index in [-0.39, 0.29) is 11.9 Å². The first-order chi connectivity index (χ1) is 13.5. The quantitative estimate of drug-likeness (QED) is 0.563. The number of rotatable bonds is 5. The monoisotopic (exact) mass is 437 g/mol. The van der Waals surface area contributed by atoms with E-state index in [1.807, 2.05) is 54.6 Å². The Morgan fingerprint density at radius 1 is 0.821 bits per heavy atom. The van der Waals surface area contributed by atoms with Crippen LogP contribution >= 0.6 is 15.9 Å². The second-order valence-electron chi connectivity index (χ2n) is 6.28. The number of carbonyl (C=O) groups excluding carboxylic acids is 2. The molecule has 0 atom stereocenters. The third-order valence-electron chi connectivity index (χ3n) is 4.14. The number of halogens is 1. The van der Waals surface area contributed by atoms with Crippen molar-refractivity contribution in [2.75, 3.05) is 17.7 Å². The molecule has 0 aliphatic heterocycles. The van der Waals surface area contributed by atoms with Crippen LogP contribution in [0.2, 0.25) is 0 Å². The molecule has 0 unspecified atom stereocenters. The SMILES string of the molecule is CN(Cc1ccccc1Br)C(=O)Nc1ccc(C(=O)Nc2ccccc2)cc1. The Bertz CT molecular complexity index is 959. The molecule has 142 valence electrons. The molecule has 0 aliphatic rings. The molecule has 0 heterocycles. The van der Waals surface area contributed by atoms with Gasteiger partial charge >= 0.3 is 6.03 Å². The summed E-state index contributed by atoms with van der Waals surface area (Å²) >= 11 is 3.49. The van der Waals surface area contributed by atoms with Crippen LogP contribution in [0.25, 0.3) is 0 Å². The Morgan fingerprint density at radius 3 is 2.11 bits per heavy atom. The van der Waals surface area contributed by atoms with Crippen molar-refractivity contribution in [3.63, 3.8) is 0 Å². The second kappa shape index (κ2) is 9.19. The minimum absolute atomic E-state index is 0.199. The number of hydrogen-bond donors (Lipinski definition) is 2. The molecule has 0 spiro atoms. The van der Waals surface area contributed by atoms with Crippen molar-refractivity contribution >= 4 is 39.2 Å². The van der Waals surface area contributed by atoms with Crippen LogP contribution in [0.1, 0.15) is 15.9 Å². The predicted molar refractivity (Wildman–Crippen MR) is 115 cm³/mol. The lowest BCUT2D eigenvalue weighted by Crippen LogP contribution is -2.30. The molecule has 0 fully saturated rings. The minimum Gasteiger partial charge on any atom is -0.323 e. The molecule has 3 aromatic carbocycles. The number of para-hydroxylation sites is 1. The molecule has 28 heavy (non-hydrogen) atoms. The van der Waals surface area contributed by atoms with Gasteiger partial charge in [0.1, 0.15) is 0 Å². The van der Waals surface area contributed by atoms with Crippen LogP contribution in [-0.4, -0.2) is 23.9 Å². The van der Waals surface area contributed by atoms with Gasteiger partial charge < -0.3 is 15.5 Å². The molecular formula is C22H20BrN3O2. The van der Waals surface area contributed by atoms with Gasteiger partial charge in [0.2, 0.25) is 0 Å². The minimum atomic E-state index is -0.225. The molecule has 5 nitrogen and oxygen atoms in total. The average Bonchev–Trinajstić information content (AvgIpc) is 2.71. The van der Waals surface area contributed by atoms with E-state index in [9.17, 15) is 9.59 Å². The van der Waals surface area contributed by atoms with E-state index in [0.717, 1.165) is 15.7 Å². The van der Waals surface area contributed by atoms with Crippen molar-refractivity contribution in [3.05, 3.63) is 94.5 Å². The Morgan fingerprint density at radius 2 is 1.43 bits per heavy atom. The third kappa shape index (κ3) is 5.20. The molecule has 3 amide bonds. The summed E-state index contributed by atoms with van der Waals surface area (Å²) in [5, 5.41) is 5.67. The van der Waals surface area contributed by atoms with Crippen LogP contribution in [0.5, 0.6) is 0 Å². The number of benzene rings is 3. The largest absolute Gasteiger partial charge is 0.323 e. The Kier molecular flexibility index (Phi) is 6.45. The number of urea groups is 1. The van der Waals surface area contributed by atoms with E-state index in [2.05, 4.69) is 26.6 Å². The van der Waals surface area contributed by atoms with E-state index >= 15 is 0 Å². The highest BCUT2D eigenvalue weighted by Crippen LogP contribution is 2.18. The zero-order valence-electron chi connectivity index (χ0n) is 15.4. The van der Waals surface area contributed by atoms with Crippen molar-refractivity contribution in [1.29, 1.82) is 0 Å². The summed E-state index contributed by atoms with van der Waals surface area (Å²) in [6.45, 7) is 0.477. The smallest absolute Gasteiger partial charge is 0.321 e. The van der Waals surface area contributed by atoms with Crippen LogP contribution in [-0.2, 0) is 6.54 Å². The highest BCUT2D eigenvalue weighted by Gasteiger charge is 2.12. The standard InChI is InChI=1S/C22H20BrN3O2/c1-26(15-17-7-5-6-10-20(17)23)22(28)25-19-13-11-16(12-14-19)21(27)24-18-8-3-2-4-9-18/h2-14H,15H2,1H3,(H,24,27)(H,25,28). The lowest BCUT2D eigenvalue weighted by molar-refractivity contribution is 0.102. The number of nitrogens with one attached hydrogen (secondary N) is 2. The van der Waals surface area contributed by atoms with E-state index in [0.29, 0.717) is 17.8 Å². The predicted octanol–water partition coefficient (Wildman–Crippen LogP) is 5.37. The summed E-state index contributed by atoms with van der Waals surface area (Å²) in [4.78, 5) is 26.3. The average molecular weight is 438 g/mol. The fourth-order valence-corrected chi connectivity index (χ4v) is 3.01. The fourth-order valence-electron chi connectivity index (χ4n) is 2.60. The first kappa shape index (κ1) is 19.6. The summed E-state index contributed by atoms with van der Waals surface area (Å²) in [5.41, 5.74) is 2.90. The third-order valence-corrected chi connectivity index (χ3v) is 4.92. The molecule has 0 aromatic heterocycles. The Labute approximate surface area is 172 Å². The number of amides is 3. The van der Waals surface area contributed by atoms with Crippen LogP contribution in [0.4, 0.5) is 16.2 Å². The molecule has 0 aliphatic carbocycles.